The molecule has 0 bridgehead atoms. The van der Waals surface area contributed by atoms with Crippen molar-refractivity contribution in [3.63, 3.8) is 0 Å². The molecule has 1 N–H and O–H groups in total. The van der Waals surface area contributed by atoms with Gasteiger partial charge in [0.2, 0.25) is 0 Å². The van der Waals surface area contributed by atoms with Crippen molar-refractivity contribution in [2.24, 2.45) is 0 Å². The number of carbonyl (C=O) groups excluding carboxylic acids is 1. The molecule has 82 valence electrons. The third kappa shape index (κ3) is 5.36. The molecule has 0 radical (unpaired) electrons. The minimum Gasteiger partial charge on any atom is -0.465 e. The zero-order valence-electron chi connectivity index (χ0n) is 8.33. The summed E-state index contributed by atoms with van der Waals surface area (Å²) in [5, 5.41) is 8.46. The van der Waals surface area contributed by atoms with Crippen LogP contribution in [0, 0.1) is 0 Å². The molecule has 0 fully saturated rings. The molecule has 0 aliphatic heterocycles. The molecule has 0 aromatic carbocycles. The molecule has 0 aliphatic carbocycles. The van der Waals surface area contributed by atoms with E-state index in [0.717, 1.165) is 0 Å². The van der Waals surface area contributed by atoms with Crippen molar-refractivity contribution in [2.45, 2.75) is 31.2 Å². The summed E-state index contributed by atoms with van der Waals surface area (Å²) in [6.07, 6.45) is -0.0782. The van der Waals surface area contributed by atoms with Crippen LogP contribution in [0.2, 0.25) is 0 Å². The quantitative estimate of drug-likeness (QED) is 0.263. The van der Waals surface area contributed by atoms with Gasteiger partial charge in [0.15, 0.2) is 0 Å². The van der Waals surface area contributed by atoms with Gasteiger partial charge in [-0.15, -0.1) is 0 Å². The van der Waals surface area contributed by atoms with E-state index in [1.54, 1.807) is 13.8 Å². The molecule has 0 spiro atoms. The largest absolute Gasteiger partial charge is 0.465 e. The van der Waals surface area contributed by atoms with E-state index in [1.807, 2.05) is 0 Å². The molecule has 0 rings (SSSR count). The molecule has 5 heteroatoms. The summed E-state index contributed by atoms with van der Waals surface area (Å²) in [6.45, 7) is 7.24. The summed E-state index contributed by atoms with van der Waals surface area (Å²) in [4.78, 5) is 14.8. The van der Waals surface area contributed by atoms with Gasteiger partial charge in [0.05, 0.1) is 6.61 Å². The van der Waals surface area contributed by atoms with Gasteiger partial charge in [-0.3, -0.25) is 10.1 Å². The fourth-order valence-electron chi connectivity index (χ4n) is 0.770. The van der Waals surface area contributed by atoms with Crippen LogP contribution in [0.5, 0.6) is 0 Å². The first-order chi connectivity index (χ1) is 6.49. The van der Waals surface area contributed by atoms with Crippen LogP contribution in [0.1, 0.15) is 20.3 Å². The van der Waals surface area contributed by atoms with E-state index in [9.17, 15) is 4.79 Å². The number of alkyl halides is 1. The second-order valence-corrected chi connectivity index (χ2v) is 4.39. The molecule has 0 aliphatic rings. The lowest BCUT2D eigenvalue weighted by atomic mass is 10.1. The number of carbonyl (C=O) groups is 1. The van der Waals surface area contributed by atoms with Crippen molar-refractivity contribution >= 4 is 21.9 Å². The predicted octanol–water partition coefficient (Wildman–Crippen LogP) is 2.14. The average Bonchev–Trinajstić information content (AvgIpc) is 2.11. The van der Waals surface area contributed by atoms with Crippen molar-refractivity contribution in [1.29, 1.82) is 0 Å². The Morgan fingerprint density at radius 3 is 2.57 bits per heavy atom. The molecule has 0 aromatic heterocycles. The van der Waals surface area contributed by atoms with E-state index in [-0.39, 0.29) is 17.4 Å². The van der Waals surface area contributed by atoms with Gasteiger partial charge in [0.25, 0.3) is 0 Å². The predicted molar refractivity (Wildman–Crippen MR) is 56.3 cm³/mol. The summed E-state index contributed by atoms with van der Waals surface area (Å²) < 4.78 is 4.87. The van der Waals surface area contributed by atoms with E-state index in [4.69, 9.17) is 9.99 Å². The van der Waals surface area contributed by atoms with Gasteiger partial charge >= 0.3 is 5.97 Å². The zero-order valence-corrected chi connectivity index (χ0v) is 9.91. The van der Waals surface area contributed by atoms with Gasteiger partial charge in [0.1, 0.15) is 10.9 Å². The Morgan fingerprint density at radius 2 is 2.21 bits per heavy atom. The van der Waals surface area contributed by atoms with Crippen LogP contribution in [-0.4, -0.2) is 28.8 Å². The summed E-state index contributed by atoms with van der Waals surface area (Å²) in [7, 11) is 0. The summed E-state index contributed by atoms with van der Waals surface area (Å²) in [6, 6.07) is 0. The molecule has 4 nitrogen and oxygen atoms in total. The van der Waals surface area contributed by atoms with Crippen LogP contribution < -0.4 is 0 Å². The Bertz CT molecular complexity index is 203. The maximum absolute atomic E-state index is 11.0. The monoisotopic (exact) mass is 266 g/mol. The minimum atomic E-state index is -0.478. The van der Waals surface area contributed by atoms with Crippen LogP contribution in [0.3, 0.4) is 0 Å². The van der Waals surface area contributed by atoms with Crippen LogP contribution in [0.25, 0.3) is 0 Å². The SMILES string of the molecule is C=C(C)C(CCOC(=O)C(C)Br)OO. The number of hydrogen-bond donors (Lipinski definition) is 1. The molecule has 0 saturated carbocycles. The molecule has 0 saturated heterocycles. The highest BCUT2D eigenvalue weighted by Gasteiger charge is 2.13. The smallest absolute Gasteiger partial charge is 0.319 e. The summed E-state index contributed by atoms with van der Waals surface area (Å²) in [5.74, 6) is -0.330. The summed E-state index contributed by atoms with van der Waals surface area (Å²) in [5.41, 5.74) is 0.690. The topological polar surface area (TPSA) is 55.8 Å². The first kappa shape index (κ1) is 13.6. The van der Waals surface area contributed by atoms with E-state index in [2.05, 4.69) is 27.4 Å². The Morgan fingerprint density at radius 1 is 1.64 bits per heavy atom. The minimum absolute atomic E-state index is 0.201. The molecule has 0 amide bonds. The highest BCUT2D eigenvalue weighted by molar-refractivity contribution is 9.10. The number of hydrogen-bond acceptors (Lipinski definition) is 4. The van der Waals surface area contributed by atoms with Crippen LogP contribution in [-0.2, 0) is 14.4 Å². The third-order valence-electron chi connectivity index (χ3n) is 1.63. The number of esters is 1. The lowest BCUT2D eigenvalue weighted by molar-refractivity contribution is -0.270. The van der Waals surface area contributed by atoms with Gasteiger partial charge in [-0.25, -0.2) is 4.89 Å². The van der Waals surface area contributed by atoms with Crippen molar-refractivity contribution in [2.75, 3.05) is 6.61 Å². The van der Waals surface area contributed by atoms with Gasteiger partial charge in [0, 0.05) is 6.42 Å². The van der Waals surface area contributed by atoms with Crippen LogP contribution in [0.4, 0.5) is 0 Å². The lowest BCUT2D eigenvalue weighted by Crippen LogP contribution is -2.19. The second-order valence-electron chi connectivity index (χ2n) is 3.01. The lowest BCUT2D eigenvalue weighted by Gasteiger charge is -2.13. The summed E-state index contributed by atoms with van der Waals surface area (Å²) >= 11 is 3.08. The van der Waals surface area contributed by atoms with E-state index >= 15 is 0 Å². The highest BCUT2D eigenvalue weighted by Crippen LogP contribution is 2.08. The van der Waals surface area contributed by atoms with Crippen molar-refractivity contribution in [1.82, 2.24) is 0 Å². The van der Waals surface area contributed by atoms with Crippen molar-refractivity contribution in [3.8, 4) is 0 Å². The fourth-order valence-corrected chi connectivity index (χ4v) is 0.903. The van der Waals surface area contributed by atoms with Gasteiger partial charge < -0.3 is 4.74 Å². The molecular formula is C9H15BrO4. The number of rotatable bonds is 6. The number of halogens is 1. The standard InChI is InChI=1S/C9H15BrO4/c1-6(2)8(14-12)4-5-13-9(11)7(3)10/h7-8,12H,1,4-5H2,2-3H3. The molecule has 2 unspecified atom stereocenters. The zero-order chi connectivity index (χ0) is 11.1. The molecular weight excluding hydrogens is 252 g/mol. The Hall–Kier alpha value is -0.390. The maximum Gasteiger partial charge on any atom is 0.319 e. The normalized spacial score (nSPS) is 14.6. The molecule has 14 heavy (non-hydrogen) atoms. The Kier molecular flexibility index (Phi) is 6.78. The molecule has 0 heterocycles. The van der Waals surface area contributed by atoms with Crippen LogP contribution in [0.15, 0.2) is 12.2 Å². The second kappa shape index (κ2) is 6.98. The van der Waals surface area contributed by atoms with E-state index in [0.29, 0.717) is 12.0 Å². The van der Waals surface area contributed by atoms with Gasteiger partial charge in [-0.1, -0.05) is 22.5 Å². The molecule has 0 aromatic rings. The van der Waals surface area contributed by atoms with E-state index in [1.165, 1.54) is 0 Å². The maximum atomic E-state index is 11.0. The van der Waals surface area contributed by atoms with Crippen molar-refractivity contribution in [3.05, 3.63) is 12.2 Å². The number of ether oxygens (including phenoxy) is 1. The highest BCUT2D eigenvalue weighted by atomic mass is 79.9. The molecule has 2 atom stereocenters. The Balaban J connectivity index is 3.72. The fraction of sp³-hybridized carbons (Fsp3) is 0.667. The Labute approximate surface area is 91.9 Å². The van der Waals surface area contributed by atoms with Crippen molar-refractivity contribution < 1.29 is 19.7 Å². The van der Waals surface area contributed by atoms with E-state index < -0.39 is 6.10 Å². The average molecular weight is 267 g/mol. The van der Waals surface area contributed by atoms with Gasteiger partial charge in [-0.05, 0) is 19.4 Å². The third-order valence-corrected chi connectivity index (χ3v) is 2.00. The van der Waals surface area contributed by atoms with Crippen LogP contribution >= 0.6 is 15.9 Å². The first-order valence-corrected chi connectivity index (χ1v) is 5.17. The van der Waals surface area contributed by atoms with Gasteiger partial charge in [-0.2, -0.15) is 0 Å². The first-order valence-electron chi connectivity index (χ1n) is 4.25.